The second kappa shape index (κ2) is 10.1. The predicted octanol–water partition coefficient (Wildman–Crippen LogP) is 2.33. The molecule has 0 saturated carbocycles. The molecule has 0 fully saturated rings. The van der Waals surface area contributed by atoms with Crippen LogP contribution in [0.4, 0.5) is 13.2 Å². The van der Waals surface area contributed by atoms with E-state index in [2.05, 4.69) is 20.5 Å². The van der Waals surface area contributed by atoms with Crippen LogP contribution in [-0.4, -0.2) is 51.5 Å². The van der Waals surface area contributed by atoms with E-state index in [-0.39, 0.29) is 12.3 Å². The zero-order valence-corrected chi connectivity index (χ0v) is 14.9. The Kier molecular flexibility index (Phi) is 7.52. The van der Waals surface area contributed by atoms with Crippen molar-refractivity contribution in [1.82, 2.24) is 20.5 Å². The highest BCUT2D eigenvalue weighted by Crippen LogP contribution is 2.15. The fraction of sp³-hybridized carbons (Fsp3) is 0.222. The van der Waals surface area contributed by atoms with Gasteiger partial charge in [0.2, 0.25) is 5.91 Å². The van der Waals surface area contributed by atoms with E-state index < -0.39 is 12.1 Å². The molecule has 29 heavy (non-hydrogen) atoms. The largest absolute Gasteiger partial charge is 0.490 e. The smallest absolute Gasteiger partial charge is 0.490 e. The maximum absolute atomic E-state index is 11.9. The van der Waals surface area contributed by atoms with Gasteiger partial charge in [-0.05, 0) is 18.2 Å². The number of fused-ring (bicyclic) bond motifs is 1. The second-order valence-electron chi connectivity index (χ2n) is 5.59. The SMILES string of the molecule is O=C(Cc1[nH]nc2ccccc12)NCCOc1cccnc1.O=C(O)C(F)(F)F. The summed E-state index contributed by atoms with van der Waals surface area (Å²) in [6.07, 6.45) is -1.49. The summed E-state index contributed by atoms with van der Waals surface area (Å²) in [5, 5.41) is 18.0. The molecule has 3 rings (SSSR count). The van der Waals surface area contributed by atoms with Crippen LogP contribution in [0.1, 0.15) is 5.69 Å². The number of amides is 1. The third-order valence-corrected chi connectivity index (χ3v) is 3.45. The Morgan fingerprint density at radius 1 is 1.17 bits per heavy atom. The van der Waals surface area contributed by atoms with Gasteiger partial charge in [-0.3, -0.25) is 14.9 Å². The topological polar surface area (TPSA) is 117 Å². The van der Waals surface area contributed by atoms with Crippen molar-refractivity contribution >= 4 is 22.8 Å². The number of benzene rings is 1. The molecule has 2 aromatic heterocycles. The van der Waals surface area contributed by atoms with Crippen molar-refractivity contribution < 1.29 is 32.6 Å². The summed E-state index contributed by atoms with van der Waals surface area (Å²) in [7, 11) is 0. The minimum Gasteiger partial charge on any atom is -0.490 e. The first kappa shape index (κ1) is 21.7. The third-order valence-electron chi connectivity index (χ3n) is 3.45. The zero-order valence-electron chi connectivity index (χ0n) is 14.9. The van der Waals surface area contributed by atoms with Crippen LogP contribution in [0.15, 0.2) is 48.8 Å². The number of ether oxygens (including phenoxy) is 1. The molecule has 2 heterocycles. The molecule has 154 valence electrons. The molecule has 0 aliphatic rings. The van der Waals surface area contributed by atoms with E-state index in [1.54, 1.807) is 18.5 Å². The Balaban J connectivity index is 0.000000370. The van der Waals surface area contributed by atoms with Gasteiger partial charge >= 0.3 is 12.1 Å². The number of alkyl halides is 3. The van der Waals surface area contributed by atoms with Crippen LogP contribution in [0.2, 0.25) is 0 Å². The number of pyridine rings is 1. The van der Waals surface area contributed by atoms with Crippen molar-refractivity contribution in [3.63, 3.8) is 0 Å². The minimum absolute atomic E-state index is 0.0656. The summed E-state index contributed by atoms with van der Waals surface area (Å²) in [5.41, 5.74) is 1.69. The molecule has 8 nitrogen and oxygen atoms in total. The average molecular weight is 410 g/mol. The van der Waals surface area contributed by atoms with Gasteiger partial charge in [-0.1, -0.05) is 18.2 Å². The normalized spacial score (nSPS) is 10.7. The summed E-state index contributed by atoms with van der Waals surface area (Å²) >= 11 is 0. The molecule has 0 unspecified atom stereocenters. The van der Waals surface area contributed by atoms with E-state index in [1.807, 2.05) is 30.3 Å². The predicted molar refractivity (Wildman–Crippen MR) is 96.2 cm³/mol. The molecule has 11 heteroatoms. The lowest BCUT2D eigenvalue weighted by Crippen LogP contribution is -2.29. The molecule has 0 saturated heterocycles. The standard InChI is InChI=1S/C16H16N4O2.C2HF3O2/c21-16(18-8-9-22-12-4-3-7-17-11-12)10-15-13-5-1-2-6-14(13)19-20-15;3-2(4,5)1(6)7/h1-7,11H,8-10H2,(H,18,21)(H,19,20);(H,6,7). The number of carboxylic acid groups (broad SMARTS) is 1. The van der Waals surface area contributed by atoms with Crippen LogP contribution in [0.5, 0.6) is 5.75 Å². The lowest BCUT2D eigenvalue weighted by molar-refractivity contribution is -0.192. The Hall–Kier alpha value is -3.63. The van der Waals surface area contributed by atoms with E-state index >= 15 is 0 Å². The number of rotatable bonds is 6. The fourth-order valence-electron chi connectivity index (χ4n) is 2.16. The molecule has 1 amide bonds. The van der Waals surface area contributed by atoms with Gasteiger partial charge in [0.15, 0.2) is 0 Å². The number of nitrogens with one attached hydrogen (secondary N) is 2. The summed E-state index contributed by atoms with van der Waals surface area (Å²) in [6.45, 7) is 0.848. The first-order valence-electron chi connectivity index (χ1n) is 8.29. The second-order valence-corrected chi connectivity index (χ2v) is 5.59. The van der Waals surface area contributed by atoms with E-state index in [0.29, 0.717) is 18.9 Å². The molecule has 0 aliphatic heterocycles. The highest BCUT2D eigenvalue weighted by Gasteiger charge is 2.38. The summed E-state index contributed by atoms with van der Waals surface area (Å²) in [5.74, 6) is -2.13. The number of para-hydroxylation sites is 1. The summed E-state index contributed by atoms with van der Waals surface area (Å²) in [4.78, 5) is 24.8. The molecule has 0 spiro atoms. The maximum Gasteiger partial charge on any atom is 0.490 e. The van der Waals surface area contributed by atoms with Crippen LogP contribution in [-0.2, 0) is 16.0 Å². The third kappa shape index (κ3) is 7.13. The van der Waals surface area contributed by atoms with Gasteiger partial charge in [-0.2, -0.15) is 18.3 Å². The monoisotopic (exact) mass is 410 g/mol. The number of carbonyl (C=O) groups is 2. The molecular formula is C18H17F3N4O4. The first-order chi connectivity index (χ1) is 13.8. The molecule has 0 radical (unpaired) electrons. The van der Waals surface area contributed by atoms with Gasteiger partial charge < -0.3 is 15.2 Å². The number of hydrogen-bond acceptors (Lipinski definition) is 5. The van der Waals surface area contributed by atoms with Gasteiger partial charge in [0.05, 0.1) is 30.4 Å². The summed E-state index contributed by atoms with van der Waals surface area (Å²) < 4.78 is 37.2. The Morgan fingerprint density at radius 2 is 1.90 bits per heavy atom. The Labute approximate surface area is 162 Å². The fourth-order valence-corrected chi connectivity index (χ4v) is 2.16. The number of carbonyl (C=O) groups excluding carboxylic acids is 1. The molecular weight excluding hydrogens is 393 g/mol. The number of hydrogen-bond donors (Lipinski definition) is 3. The number of nitrogens with zero attached hydrogens (tertiary/aromatic N) is 2. The van der Waals surface area contributed by atoms with Gasteiger partial charge in [0.25, 0.3) is 0 Å². The van der Waals surface area contributed by atoms with Gasteiger partial charge in [0, 0.05) is 11.6 Å². The number of halogens is 3. The van der Waals surface area contributed by atoms with Crippen molar-refractivity contribution in [2.24, 2.45) is 0 Å². The number of aliphatic carboxylic acids is 1. The van der Waals surface area contributed by atoms with Crippen molar-refractivity contribution in [2.75, 3.05) is 13.2 Å². The number of carboxylic acids is 1. The van der Waals surface area contributed by atoms with Crippen molar-refractivity contribution in [3.8, 4) is 5.75 Å². The van der Waals surface area contributed by atoms with Crippen LogP contribution in [0.3, 0.4) is 0 Å². The van der Waals surface area contributed by atoms with E-state index in [0.717, 1.165) is 16.6 Å². The molecule has 1 aromatic carbocycles. The lowest BCUT2D eigenvalue weighted by Gasteiger charge is -2.07. The molecule has 3 aromatic rings. The van der Waals surface area contributed by atoms with Gasteiger partial charge in [-0.25, -0.2) is 4.79 Å². The molecule has 0 atom stereocenters. The number of aromatic nitrogens is 3. The van der Waals surface area contributed by atoms with Crippen molar-refractivity contribution in [2.45, 2.75) is 12.6 Å². The van der Waals surface area contributed by atoms with Crippen LogP contribution >= 0.6 is 0 Å². The van der Waals surface area contributed by atoms with Crippen molar-refractivity contribution in [3.05, 3.63) is 54.5 Å². The van der Waals surface area contributed by atoms with E-state index in [9.17, 15) is 18.0 Å². The molecule has 3 N–H and O–H groups in total. The van der Waals surface area contributed by atoms with Crippen LogP contribution in [0.25, 0.3) is 10.9 Å². The summed E-state index contributed by atoms with van der Waals surface area (Å²) in [6, 6.07) is 11.3. The van der Waals surface area contributed by atoms with E-state index in [1.165, 1.54) is 0 Å². The van der Waals surface area contributed by atoms with Crippen LogP contribution in [0, 0.1) is 0 Å². The maximum atomic E-state index is 11.9. The number of H-pyrrole nitrogens is 1. The van der Waals surface area contributed by atoms with Crippen LogP contribution < -0.4 is 10.1 Å². The first-order valence-corrected chi connectivity index (χ1v) is 8.29. The van der Waals surface area contributed by atoms with Gasteiger partial charge in [0.1, 0.15) is 12.4 Å². The molecule has 0 bridgehead atoms. The zero-order chi connectivity index (χ0) is 21.3. The number of aromatic amines is 1. The average Bonchev–Trinajstić information content (AvgIpc) is 3.09. The van der Waals surface area contributed by atoms with Crippen molar-refractivity contribution in [1.29, 1.82) is 0 Å². The Bertz CT molecular complexity index is 945. The van der Waals surface area contributed by atoms with Gasteiger partial charge in [-0.15, -0.1) is 0 Å². The highest BCUT2D eigenvalue weighted by atomic mass is 19.4. The lowest BCUT2D eigenvalue weighted by atomic mass is 10.1. The minimum atomic E-state index is -5.08. The Morgan fingerprint density at radius 3 is 2.55 bits per heavy atom. The van der Waals surface area contributed by atoms with E-state index in [4.69, 9.17) is 14.6 Å². The molecule has 0 aliphatic carbocycles. The highest BCUT2D eigenvalue weighted by molar-refractivity contribution is 5.87. The quantitative estimate of drug-likeness (QED) is 0.537.